The van der Waals surface area contributed by atoms with Crippen molar-refractivity contribution >= 4 is 29.0 Å². The molecule has 1 amide bonds. The number of nitrogens with one attached hydrogen (secondary N) is 1. The first-order chi connectivity index (χ1) is 8.45. The van der Waals surface area contributed by atoms with Gasteiger partial charge in [0, 0.05) is 19.7 Å². The van der Waals surface area contributed by atoms with Gasteiger partial charge in [-0.1, -0.05) is 11.6 Å². The van der Waals surface area contributed by atoms with Crippen molar-refractivity contribution < 1.29 is 9.72 Å². The lowest BCUT2D eigenvalue weighted by Crippen LogP contribution is -2.32. The molecule has 0 atom stereocenters. The molecule has 0 fully saturated rings. The van der Waals surface area contributed by atoms with Crippen LogP contribution < -0.4 is 5.32 Å². The number of likely N-dealkylation sites (N-methyl/N-ethyl adjacent to an activating group) is 1. The smallest absolute Gasteiger partial charge is 0.311 e. The molecule has 7 nitrogen and oxygen atoms in total. The number of rotatable bonds is 5. The van der Waals surface area contributed by atoms with Gasteiger partial charge in [-0.15, -0.1) is 0 Å². The van der Waals surface area contributed by atoms with E-state index in [2.05, 4.69) is 10.3 Å². The summed E-state index contributed by atoms with van der Waals surface area (Å²) in [5.74, 6) is -0.195. The van der Waals surface area contributed by atoms with Crippen LogP contribution in [0.4, 0.5) is 11.5 Å². The van der Waals surface area contributed by atoms with E-state index in [4.69, 9.17) is 11.6 Å². The first-order valence-corrected chi connectivity index (χ1v) is 5.62. The third-order valence-electron chi connectivity index (χ3n) is 2.34. The maximum Gasteiger partial charge on any atom is 0.311 e. The highest BCUT2D eigenvalue weighted by molar-refractivity contribution is 6.29. The van der Waals surface area contributed by atoms with E-state index < -0.39 is 4.92 Å². The predicted molar refractivity (Wildman–Crippen MR) is 67.7 cm³/mol. The predicted octanol–water partition coefficient (Wildman–Crippen LogP) is 1.53. The van der Waals surface area contributed by atoms with E-state index in [-0.39, 0.29) is 29.1 Å². The lowest BCUT2D eigenvalue weighted by Gasteiger charge is -2.14. The van der Waals surface area contributed by atoms with E-state index in [0.717, 1.165) is 0 Å². The maximum absolute atomic E-state index is 11.5. The fourth-order valence-corrected chi connectivity index (χ4v) is 1.32. The third-order valence-corrected chi connectivity index (χ3v) is 2.55. The average molecular weight is 273 g/mol. The molecule has 1 N–H and O–H groups in total. The number of nitro groups is 1. The summed E-state index contributed by atoms with van der Waals surface area (Å²) in [5, 5.41) is 13.5. The highest BCUT2D eigenvalue weighted by Gasteiger charge is 2.17. The van der Waals surface area contributed by atoms with Crippen LogP contribution in [0.1, 0.15) is 6.92 Å². The molecule has 0 saturated carbocycles. The molecule has 1 heterocycles. The highest BCUT2D eigenvalue weighted by Crippen LogP contribution is 2.23. The number of amides is 1. The Labute approximate surface area is 109 Å². The van der Waals surface area contributed by atoms with Gasteiger partial charge in [-0.3, -0.25) is 14.9 Å². The van der Waals surface area contributed by atoms with Crippen LogP contribution in [-0.4, -0.2) is 40.9 Å². The minimum absolute atomic E-state index is 0.00893. The molecule has 0 saturated heterocycles. The minimum atomic E-state index is -0.584. The van der Waals surface area contributed by atoms with E-state index in [0.29, 0.717) is 6.54 Å². The first-order valence-electron chi connectivity index (χ1n) is 5.24. The van der Waals surface area contributed by atoms with Crippen molar-refractivity contribution in [2.75, 3.05) is 25.5 Å². The van der Waals surface area contributed by atoms with Gasteiger partial charge < -0.3 is 10.2 Å². The monoisotopic (exact) mass is 272 g/mol. The van der Waals surface area contributed by atoms with Gasteiger partial charge in [0.05, 0.1) is 11.5 Å². The van der Waals surface area contributed by atoms with Crippen molar-refractivity contribution in [3.05, 3.63) is 27.4 Å². The van der Waals surface area contributed by atoms with Crippen LogP contribution in [0, 0.1) is 10.1 Å². The third kappa shape index (κ3) is 3.56. The zero-order chi connectivity index (χ0) is 13.7. The van der Waals surface area contributed by atoms with Crippen LogP contribution in [0.25, 0.3) is 0 Å². The van der Waals surface area contributed by atoms with Gasteiger partial charge in [-0.05, 0) is 13.0 Å². The number of carbonyl (C=O) groups excluding carboxylic acids is 1. The molecule has 1 rings (SSSR count). The highest BCUT2D eigenvalue weighted by atomic mass is 35.5. The summed E-state index contributed by atoms with van der Waals surface area (Å²) in [6.07, 6.45) is 0. The maximum atomic E-state index is 11.5. The van der Waals surface area contributed by atoms with Crippen molar-refractivity contribution in [2.24, 2.45) is 0 Å². The van der Waals surface area contributed by atoms with E-state index in [1.54, 1.807) is 7.05 Å². The number of hydrogen-bond acceptors (Lipinski definition) is 5. The molecule has 0 aromatic carbocycles. The number of hydrogen-bond donors (Lipinski definition) is 1. The van der Waals surface area contributed by atoms with Crippen LogP contribution in [0.15, 0.2) is 12.1 Å². The molecule has 1 aromatic rings. The average Bonchev–Trinajstić information content (AvgIpc) is 2.34. The van der Waals surface area contributed by atoms with Crippen LogP contribution in [-0.2, 0) is 4.79 Å². The number of nitrogens with zero attached hydrogens (tertiary/aromatic N) is 3. The van der Waals surface area contributed by atoms with Crippen molar-refractivity contribution in [3.63, 3.8) is 0 Å². The van der Waals surface area contributed by atoms with Gasteiger partial charge in [0.25, 0.3) is 0 Å². The lowest BCUT2D eigenvalue weighted by molar-refractivity contribution is -0.384. The molecule has 1 aromatic heterocycles. The summed E-state index contributed by atoms with van der Waals surface area (Å²) in [4.78, 5) is 27.0. The fourth-order valence-electron chi connectivity index (χ4n) is 1.18. The fraction of sp³-hybridized carbons (Fsp3) is 0.400. The van der Waals surface area contributed by atoms with Crippen LogP contribution in [0.2, 0.25) is 5.15 Å². The lowest BCUT2D eigenvalue weighted by atomic mass is 10.4. The van der Waals surface area contributed by atoms with E-state index >= 15 is 0 Å². The zero-order valence-corrected chi connectivity index (χ0v) is 10.8. The number of anilines is 1. The van der Waals surface area contributed by atoms with Gasteiger partial charge in [0.1, 0.15) is 5.15 Å². The Morgan fingerprint density at radius 2 is 2.28 bits per heavy atom. The number of pyridine rings is 1. The van der Waals surface area contributed by atoms with Gasteiger partial charge >= 0.3 is 5.69 Å². The van der Waals surface area contributed by atoms with E-state index in [9.17, 15) is 14.9 Å². The zero-order valence-electron chi connectivity index (χ0n) is 10.0. The van der Waals surface area contributed by atoms with Crippen molar-refractivity contribution in [2.45, 2.75) is 6.92 Å². The summed E-state index contributed by atoms with van der Waals surface area (Å²) in [7, 11) is 1.64. The minimum Gasteiger partial charge on any atom is -0.355 e. The Bertz CT molecular complexity index is 466. The summed E-state index contributed by atoms with van der Waals surface area (Å²) < 4.78 is 0. The first kappa shape index (κ1) is 14.2. The molecular formula is C10H13ClN4O3. The molecule has 8 heteroatoms. The van der Waals surface area contributed by atoms with Crippen molar-refractivity contribution in [3.8, 4) is 0 Å². The largest absolute Gasteiger partial charge is 0.355 e. The van der Waals surface area contributed by atoms with Crippen LogP contribution >= 0.6 is 11.6 Å². The second-order valence-electron chi connectivity index (χ2n) is 3.52. The molecule has 0 unspecified atom stereocenters. The quantitative estimate of drug-likeness (QED) is 0.499. The van der Waals surface area contributed by atoms with E-state index in [1.807, 2.05) is 6.92 Å². The van der Waals surface area contributed by atoms with Gasteiger partial charge in [-0.25, -0.2) is 4.98 Å². The van der Waals surface area contributed by atoms with Gasteiger partial charge in [-0.2, -0.15) is 0 Å². The molecule has 0 spiro atoms. The Kier molecular flexibility index (Phi) is 4.85. The summed E-state index contributed by atoms with van der Waals surface area (Å²) in [6, 6.07) is 2.57. The summed E-state index contributed by atoms with van der Waals surface area (Å²) >= 11 is 5.66. The topological polar surface area (TPSA) is 88.4 Å². The molecule has 98 valence electrons. The molecule has 0 aliphatic rings. The number of aromatic nitrogens is 1. The Morgan fingerprint density at radius 1 is 1.61 bits per heavy atom. The molecular weight excluding hydrogens is 260 g/mol. The standard InChI is InChI=1S/C10H13ClN4O3/c1-3-14(2)9(16)6-12-10-7(15(17)18)4-5-8(11)13-10/h4-5H,3,6H2,1-2H3,(H,12,13). The molecule has 0 aliphatic heterocycles. The second kappa shape index (κ2) is 6.15. The van der Waals surface area contributed by atoms with Crippen LogP contribution in [0.3, 0.4) is 0 Å². The Hall–Kier alpha value is -1.89. The van der Waals surface area contributed by atoms with E-state index in [1.165, 1.54) is 17.0 Å². The van der Waals surface area contributed by atoms with Gasteiger partial charge in [0.15, 0.2) is 0 Å². The summed E-state index contributed by atoms with van der Waals surface area (Å²) in [5.41, 5.74) is -0.216. The summed E-state index contributed by atoms with van der Waals surface area (Å²) in [6.45, 7) is 2.32. The van der Waals surface area contributed by atoms with Crippen LogP contribution in [0.5, 0.6) is 0 Å². The Balaban J connectivity index is 2.81. The molecule has 0 aliphatic carbocycles. The molecule has 0 bridgehead atoms. The SMILES string of the molecule is CCN(C)C(=O)CNc1nc(Cl)ccc1[N+](=O)[O-]. The molecule has 0 radical (unpaired) electrons. The molecule has 18 heavy (non-hydrogen) atoms. The normalized spacial score (nSPS) is 9.94. The van der Waals surface area contributed by atoms with Crippen molar-refractivity contribution in [1.29, 1.82) is 0 Å². The second-order valence-corrected chi connectivity index (χ2v) is 3.91. The Morgan fingerprint density at radius 3 is 2.83 bits per heavy atom. The van der Waals surface area contributed by atoms with Gasteiger partial charge in [0.2, 0.25) is 11.7 Å². The van der Waals surface area contributed by atoms with Crippen molar-refractivity contribution in [1.82, 2.24) is 9.88 Å². The number of carbonyl (C=O) groups is 1. The number of halogens is 1.